The van der Waals surface area contributed by atoms with Crippen LogP contribution < -0.4 is 10.6 Å². The van der Waals surface area contributed by atoms with Crippen LogP contribution in [0.1, 0.15) is 6.42 Å². The van der Waals surface area contributed by atoms with Crippen LogP contribution in [0.3, 0.4) is 0 Å². The lowest BCUT2D eigenvalue weighted by Gasteiger charge is -2.27. The molecule has 2 atom stereocenters. The van der Waals surface area contributed by atoms with Crippen molar-refractivity contribution in [2.24, 2.45) is 5.92 Å². The van der Waals surface area contributed by atoms with E-state index in [4.69, 9.17) is 4.74 Å². The van der Waals surface area contributed by atoms with Gasteiger partial charge in [0.05, 0.1) is 12.7 Å². The molecule has 0 saturated carbocycles. The molecule has 0 radical (unpaired) electrons. The van der Waals surface area contributed by atoms with E-state index in [-0.39, 0.29) is 0 Å². The molecule has 2 heterocycles. The first kappa shape index (κ1) is 7.53. The lowest BCUT2D eigenvalue weighted by molar-refractivity contribution is -0.00377. The minimum Gasteiger partial charge on any atom is -0.375 e. The van der Waals surface area contributed by atoms with Crippen LogP contribution in [-0.4, -0.2) is 38.9 Å². The Morgan fingerprint density at radius 1 is 1.09 bits per heavy atom. The molecule has 2 rings (SSSR count). The summed E-state index contributed by atoms with van der Waals surface area (Å²) in [6, 6.07) is 0. The van der Waals surface area contributed by atoms with Gasteiger partial charge < -0.3 is 15.4 Å². The van der Waals surface area contributed by atoms with Gasteiger partial charge in [0.15, 0.2) is 0 Å². The van der Waals surface area contributed by atoms with Crippen molar-refractivity contribution in [3.8, 4) is 0 Å². The maximum absolute atomic E-state index is 5.66. The number of rotatable bonds is 1. The molecule has 0 aromatic carbocycles. The van der Waals surface area contributed by atoms with Crippen molar-refractivity contribution in [3.05, 3.63) is 0 Å². The highest BCUT2D eigenvalue weighted by Crippen LogP contribution is 2.16. The zero-order valence-electron chi connectivity index (χ0n) is 6.81. The summed E-state index contributed by atoms with van der Waals surface area (Å²) in [7, 11) is 0. The van der Waals surface area contributed by atoms with Crippen molar-refractivity contribution < 1.29 is 4.74 Å². The molecule has 0 aromatic rings. The van der Waals surface area contributed by atoms with E-state index >= 15 is 0 Å². The van der Waals surface area contributed by atoms with Gasteiger partial charge in [-0.05, 0) is 13.0 Å². The highest BCUT2D eigenvalue weighted by Gasteiger charge is 2.26. The van der Waals surface area contributed by atoms with Gasteiger partial charge in [-0.15, -0.1) is 0 Å². The summed E-state index contributed by atoms with van der Waals surface area (Å²) in [5, 5.41) is 6.72. The third-order valence-electron chi connectivity index (χ3n) is 2.58. The Morgan fingerprint density at radius 3 is 2.64 bits per heavy atom. The first-order valence-electron chi connectivity index (χ1n) is 4.50. The topological polar surface area (TPSA) is 33.3 Å². The third-order valence-corrected chi connectivity index (χ3v) is 2.58. The average Bonchev–Trinajstić information content (AvgIpc) is 2.58. The number of hydrogen-bond donors (Lipinski definition) is 2. The van der Waals surface area contributed by atoms with Crippen LogP contribution in [0, 0.1) is 5.92 Å². The molecular weight excluding hydrogens is 140 g/mol. The van der Waals surface area contributed by atoms with Crippen LogP contribution in [0.5, 0.6) is 0 Å². The Hall–Kier alpha value is -0.120. The van der Waals surface area contributed by atoms with Crippen LogP contribution in [0.15, 0.2) is 0 Å². The molecular formula is C8H16N2O. The third kappa shape index (κ3) is 1.72. The van der Waals surface area contributed by atoms with Gasteiger partial charge in [0.25, 0.3) is 0 Å². The number of nitrogens with one attached hydrogen (secondary N) is 2. The Morgan fingerprint density at radius 2 is 2.00 bits per heavy atom. The summed E-state index contributed by atoms with van der Waals surface area (Å²) in [6.45, 7) is 5.28. The summed E-state index contributed by atoms with van der Waals surface area (Å²) in [6.07, 6.45) is 1.76. The summed E-state index contributed by atoms with van der Waals surface area (Å²) in [4.78, 5) is 0. The molecule has 11 heavy (non-hydrogen) atoms. The molecule has 2 aliphatic heterocycles. The Bertz CT molecular complexity index is 117. The summed E-state index contributed by atoms with van der Waals surface area (Å²) in [5.74, 6) is 0.753. The first-order valence-corrected chi connectivity index (χ1v) is 4.50. The van der Waals surface area contributed by atoms with Crippen molar-refractivity contribution in [1.29, 1.82) is 0 Å². The normalized spacial score (nSPS) is 39.3. The van der Waals surface area contributed by atoms with Gasteiger partial charge >= 0.3 is 0 Å². The minimum absolute atomic E-state index is 0.471. The lowest BCUT2D eigenvalue weighted by Crippen LogP contribution is -2.43. The van der Waals surface area contributed by atoms with E-state index in [1.54, 1.807) is 0 Å². The molecule has 64 valence electrons. The summed E-state index contributed by atoms with van der Waals surface area (Å²) < 4.78 is 5.66. The fourth-order valence-corrected chi connectivity index (χ4v) is 1.88. The quantitative estimate of drug-likeness (QED) is 0.541. The van der Waals surface area contributed by atoms with E-state index in [1.165, 1.54) is 13.0 Å². The van der Waals surface area contributed by atoms with E-state index in [0.29, 0.717) is 6.10 Å². The van der Waals surface area contributed by atoms with Crippen LogP contribution in [0.25, 0.3) is 0 Å². The van der Waals surface area contributed by atoms with Gasteiger partial charge in [-0.25, -0.2) is 0 Å². The van der Waals surface area contributed by atoms with E-state index in [9.17, 15) is 0 Å². The molecule has 2 unspecified atom stereocenters. The Labute approximate surface area is 67.5 Å². The molecule has 0 aromatic heterocycles. The van der Waals surface area contributed by atoms with Crippen molar-refractivity contribution >= 4 is 0 Å². The van der Waals surface area contributed by atoms with Crippen LogP contribution in [0.2, 0.25) is 0 Å². The van der Waals surface area contributed by atoms with E-state index in [1.807, 2.05) is 0 Å². The second-order valence-electron chi connectivity index (χ2n) is 3.37. The zero-order chi connectivity index (χ0) is 7.52. The fourth-order valence-electron chi connectivity index (χ4n) is 1.88. The van der Waals surface area contributed by atoms with E-state index in [0.717, 1.165) is 32.2 Å². The van der Waals surface area contributed by atoms with Gasteiger partial charge in [0.1, 0.15) is 0 Å². The highest BCUT2D eigenvalue weighted by molar-refractivity contribution is 4.81. The van der Waals surface area contributed by atoms with Crippen molar-refractivity contribution in [3.63, 3.8) is 0 Å². The van der Waals surface area contributed by atoms with Gasteiger partial charge in [-0.2, -0.15) is 0 Å². The van der Waals surface area contributed by atoms with Gasteiger partial charge in [0, 0.05) is 25.6 Å². The summed E-state index contributed by atoms with van der Waals surface area (Å²) in [5.41, 5.74) is 0. The largest absolute Gasteiger partial charge is 0.375 e. The van der Waals surface area contributed by atoms with Crippen molar-refractivity contribution in [2.45, 2.75) is 12.5 Å². The average molecular weight is 156 g/mol. The van der Waals surface area contributed by atoms with Crippen LogP contribution in [-0.2, 0) is 4.74 Å². The molecule has 2 fully saturated rings. The molecule has 2 aliphatic rings. The molecule has 2 N–H and O–H groups in total. The zero-order valence-corrected chi connectivity index (χ0v) is 6.81. The lowest BCUT2D eigenvalue weighted by atomic mass is 10.0. The highest BCUT2D eigenvalue weighted by atomic mass is 16.5. The second-order valence-corrected chi connectivity index (χ2v) is 3.37. The SMILES string of the molecule is C1CC(C2CNCCO2)CN1. The maximum Gasteiger partial charge on any atom is 0.0740 e. The standard InChI is InChI=1S/C8H16N2O/c1-2-9-5-7(1)8-6-10-3-4-11-8/h7-10H,1-6H2. The molecule has 0 amide bonds. The fraction of sp³-hybridized carbons (Fsp3) is 1.00. The van der Waals surface area contributed by atoms with Gasteiger partial charge in [-0.1, -0.05) is 0 Å². The Balaban J connectivity index is 1.82. The number of hydrogen-bond acceptors (Lipinski definition) is 3. The second kappa shape index (κ2) is 3.52. The van der Waals surface area contributed by atoms with Crippen LogP contribution >= 0.6 is 0 Å². The Kier molecular flexibility index (Phi) is 2.41. The first-order chi connectivity index (χ1) is 5.47. The van der Waals surface area contributed by atoms with Gasteiger partial charge in [0.2, 0.25) is 0 Å². The van der Waals surface area contributed by atoms with E-state index in [2.05, 4.69) is 10.6 Å². The van der Waals surface area contributed by atoms with Crippen LogP contribution in [0.4, 0.5) is 0 Å². The van der Waals surface area contributed by atoms with Crippen molar-refractivity contribution in [1.82, 2.24) is 10.6 Å². The molecule has 3 heteroatoms. The molecule has 0 spiro atoms. The van der Waals surface area contributed by atoms with E-state index < -0.39 is 0 Å². The molecule has 2 saturated heterocycles. The molecule has 0 aliphatic carbocycles. The number of morpholine rings is 1. The van der Waals surface area contributed by atoms with Crippen molar-refractivity contribution in [2.75, 3.05) is 32.8 Å². The molecule has 3 nitrogen and oxygen atoms in total. The maximum atomic E-state index is 5.66. The van der Waals surface area contributed by atoms with Gasteiger partial charge in [-0.3, -0.25) is 0 Å². The summed E-state index contributed by atoms with van der Waals surface area (Å²) >= 11 is 0. The smallest absolute Gasteiger partial charge is 0.0740 e. The molecule has 0 bridgehead atoms. The number of ether oxygens (including phenoxy) is 1. The monoisotopic (exact) mass is 156 g/mol. The predicted molar refractivity (Wildman–Crippen MR) is 43.6 cm³/mol. The predicted octanol–water partition coefficient (Wildman–Crippen LogP) is -0.416. The minimum atomic E-state index is 0.471.